The zero-order chi connectivity index (χ0) is 25.1. The van der Waals surface area contributed by atoms with Crippen molar-refractivity contribution in [2.24, 2.45) is 0 Å². The standard InChI is InChI=1S/C28H35N5O3/c1-30-16-18-31(19-17-30)14-7-13-29-26(34)22-9-3-2-8-21(22)20-33-24-11-5-4-10-23(24)27(35)32-15-6-12-25(32)28(33)36/h2-5,8-11,25H,6-7,12-20H2,1H3,(H,29,34)/t25-/m0/s1. The summed E-state index contributed by atoms with van der Waals surface area (Å²) in [7, 11) is 2.15. The topological polar surface area (TPSA) is 76.2 Å². The molecule has 0 aromatic heterocycles. The van der Waals surface area contributed by atoms with E-state index in [0.29, 0.717) is 36.3 Å². The van der Waals surface area contributed by atoms with Crippen molar-refractivity contribution < 1.29 is 14.4 Å². The van der Waals surface area contributed by atoms with Gasteiger partial charge in [0.1, 0.15) is 6.04 Å². The SMILES string of the molecule is CN1CCN(CCCNC(=O)c2ccccc2CN2C(=O)[C@@H]3CCCN3C(=O)c3ccccc32)CC1. The first-order chi connectivity index (χ1) is 17.5. The normalized spacial score (nSPS) is 20.8. The molecule has 5 rings (SSSR count). The lowest BCUT2D eigenvalue weighted by atomic mass is 10.0. The molecule has 190 valence electrons. The number of benzene rings is 2. The molecular formula is C28H35N5O3. The minimum absolute atomic E-state index is 0.0758. The fraction of sp³-hybridized carbons (Fsp3) is 0.464. The largest absolute Gasteiger partial charge is 0.352 e. The molecule has 8 heteroatoms. The molecule has 3 heterocycles. The molecule has 3 aliphatic heterocycles. The Bertz CT molecular complexity index is 1130. The Labute approximate surface area is 212 Å². The van der Waals surface area contributed by atoms with E-state index >= 15 is 0 Å². The highest BCUT2D eigenvalue weighted by Gasteiger charge is 2.42. The van der Waals surface area contributed by atoms with E-state index in [9.17, 15) is 14.4 Å². The van der Waals surface area contributed by atoms with Gasteiger partial charge in [-0.3, -0.25) is 14.4 Å². The van der Waals surface area contributed by atoms with Gasteiger partial charge in [0, 0.05) is 44.8 Å². The van der Waals surface area contributed by atoms with Crippen molar-refractivity contribution in [2.45, 2.75) is 31.8 Å². The molecule has 0 radical (unpaired) electrons. The van der Waals surface area contributed by atoms with Crippen LogP contribution in [0.4, 0.5) is 5.69 Å². The first-order valence-electron chi connectivity index (χ1n) is 13.0. The number of amides is 3. The van der Waals surface area contributed by atoms with Gasteiger partial charge in [0.25, 0.3) is 11.8 Å². The molecule has 3 aliphatic rings. The van der Waals surface area contributed by atoms with Crippen molar-refractivity contribution in [3.05, 3.63) is 65.2 Å². The zero-order valence-electron chi connectivity index (χ0n) is 21.0. The third-order valence-electron chi connectivity index (χ3n) is 7.61. The van der Waals surface area contributed by atoms with E-state index in [1.54, 1.807) is 15.9 Å². The second-order valence-corrected chi connectivity index (χ2v) is 10.0. The van der Waals surface area contributed by atoms with E-state index in [2.05, 4.69) is 22.2 Å². The van der Waals surface area contributed by atoms with Gasteiger partial charge < -0.3 is 24.9 Å². The summed E-state index contributed by atoms with van der Waals surface area (Å²) in [6.45, 7) is 6.74. The molecule has 8 nitrogen and oxygen atoms in total. The molecule has 0 aliphatic carbocycles. The molecule has 2 aromatic rings. The molecule has 2 aromatic carbocycles. The number of carbonyl (C=O) groups excluding carboxylic acids is 3. The molecule has 3 amide bonds. The summed E-state index contributed by atoms with van der Waals surface area (Å²) in [4.78, 5) is 48.1. The van der Waals surface area contributed by atoms with E-state index in [0.717, 1.165) is 51.1 Å². The highest BCUT2D eigenvalue weighted by Crippen LogP contribution is 2.33. The Morgan fingerprint density at radius 2 is 1.72 bits per heavy atom. The molecule has 2 saturated heterocycles. The Morgan fingerprint density at radius 1 is 0.972 bits per heavy atom. The van der Waals surface area contributed by atoms with Gasteiger partial charge in [0.2, 0.25) is 5.91 Å². The van der Waals surface area contributed by atoms with Crippen LogP contribution in [0.3, 0.4) is 0 Å². The highest BCUT2D eigenvalue weighted by molar-refractivity contribution is 6.11. The number of anilines is 1. The Kier molecular flexibility index (Phi) is 7.34. The third kappa shape index (κ3) is 5.01. The van der Waals surface area contributed by atoms with E-state index in [4.69, 9.17) is 0 Å². The Balaban J connectivity index is 1.29. The van der Waals surface area contributed by atoms with Crippen LogP contribution in [-0.4, -0.2) is 91.3 Å². The molecule has 0 bridgehead atoms. The van der Waals surface area contributed by atoms with Crippen molar-refractivity contribution >= 4 is 23.4 Å². The van der Waals surface area contributed by atoms with E-state index in [1.807, 2.05) is 42.5 Å². The van der Waals surface area contributed by atoms with E-state index < -0.39 is 6.04 Å². The van der Waals surface area contributed by atoms with E-state index in [-0.39, 0.29) is 24.3 Å². The monoisotopic (exact) mass is 489 g/mol. The first kappa shape index (κ1) is 24.5. The number of hydrogen-bond acceptors (Lipinski definition) is 5. The smallest absolute Gasteiger partial charge is 0.256 e. The highest BCUT2D eigenvalue weighted by atomic mass is 16.2. The maximum Gasteiger partial charge on any atom is 0.256 e. The van der Waals surface area contributed by atoms with Crippen LogP contribution in [-0.2, 0) is 11.3 Å². The third-order valence-corrected chi connectivity index (χ3v) is 7.61. The van der Waals surface area contributed by atoms with Gasteiger partial charge >= 0.3 is 0 Å². The summed E-state index contributed by atoms with van der Waals surface area (Å²) in [5.41, 5.74) is 2.50. The Morgan fingerprint density at radius 3 is 2.56 bits per heavy atom. The van der Waals surface area contributed by atoms with Crippen LogP contribution >= 0.6 is 0 Å². The van der Waals surface area contributed by atoms with Crippen LogP contribution in [0.1, 0.15) is 45.5 Å². The number of para-hydroxylation sites is 1. The minimum atomic E-state index is -0.444. The van der Waals surface area contributed by atoms with Crippen molar-refractivity contribution in [1.29, 1.82) is 0 Å². The molecular weight excluding hydrogens is 454 g/mol. The van der Waals surface area contributed by atoms with Gasteiger partial charge in [-0.1, -0.05) is 30.3 Å². The lowest BCUT2D eigenvalue weighted by molar-refractivity contribution is -0.122. The number of fused-ring (bicyclic) bond motifs is 2. The van der Waals surface area contributed by atoms with Gasteiger partial charge in [-0.2, -0.15) is 0 Å². The second-order valence-electron chi connectivity index (χ2n) is 10.0. The quantitative estimate of drug-likeness (QED) is 0.604. The van der Waals surface area contributed by atoms with Crippen LogP contribution in [0.15, 0.2) is 48.5 Å². The molecule has 0 saturated carbocycles. The second kappa shape index (κ2) is 10.8. The number of likely N-dealkylation sites (N-methyl/N-ethyl adjacent to an activating group) is 1. The lowest BCUT2D eigenvalue weighted by Gasteiger charge is -2.32. The van der Waals surface area contributed by atoms with Crippen LogP contribution in [0.5, 0.6) is 0 Å². The summed E-state index contributed by atoms with van der Waals surface area (Å²) >= 11 is 0. The van der Waals surface area contributed by atoms with Crippen LogP contribution in [0.2, 0.25) is 0 Å². The fourth-order valence-electron chi connectivity index (χ4n) is 5.49. The average Bonchev–Trinajstić information content (AvgIpc) is 3.38. The number of nitrogens with one attached hydrogen (secondary N) is 1. The van der Waals surface area contributed by atoms with Crippen molar-refractivity contribution in [1.82, 2.24) is 20.0 Å². The number of nitrogens with zero attached hydrogens (tertiary/aromatic N) is 4. The molecule has 1 atom stereocenters. The van der Waals surface area contributed by atoms with Gasteiger partial charge in [0.05, 0.1) is 17.8 Å². The maximum atomic E-state index is 13.6. The number of piperazine rings is 1. The summed E-state index contributed by atoms with van der Waals surface area (Å²) in [6, 6.07) is 14.3. The lowest BCUT2D eigenvalue weighted by Crippen LogP contribution is -2.45. The van der Waals surface area contributed by atoms with Crippen LogP contribution in [0, 0.1) is 0 Å². The van der Waals surface area contributed by atoms with Crippen molar-refractivity contribution in [3.8, 4) is 0 Å². The molecule has 0 unspecified atom stereocenters. The van der Waals surface area contributed by atoms with E-state index in [1.165, 1.54) is 0 Å². The summed E-state index contributed by atoms with van der Waals surface area (Å²) in [5.74, 6) is -0.290. The van der Waals surface area contributed by atoms with Gasteiger partial charge in [-0.05, 0) is 56.6 Å². The summed E-state index contributed by atoms with van der Waals surface area (Å²) in [5, 5.41) is 3.07. The number of hydrogen-bond donors (Lipinski definition) is 1. The van der Waals surface area contributed by atoms with Gasteiger partial charge in [-0.25, -0.2) is 0 Å². The molecule has 0 spiro atoms. The average molecular weight is 490 g/mol. The maximum absolute atomic E-state index is 13.6. The zero-order valence-corrected chi connectivity index (χ0v) is 21.0. The van der Waals surface area contributed by atoms with Gasteiger partial charge in [0.15, 0.2) is 0 Å². The fourth-order valence-corrected chi connectivity index (χ4v) is 5.49. The predicted molar refractivity (Wildman–Crippen MR) is 139 cm³/mol. The molecule has 2 fully saturated rings. The van der Waals surface area contributed by atoms with Crippen LogP contribution in [0.25, 0.3) is 0 Å². The van der Waals surface area contributed by atoms with Crippen molar-refractivity contribution in [3.63, 3.8) is 0 Å². The minimum Gasteiger partial charge on any atom is -0.352 e. The molecule has 1 N–H and O–H groups in total. The Hall–Kier alpha value is -3.23. The van der Waals surface area contributed by atoms with Gasteiger partial charge in [-0.15, -0.1) is 0 Å². The number of rotatable bonds is 7. The molecule has 36 heavy (non-hydrogen) atoms. The van der Waals surface area contributed by atoms with Crippen molar-refractivity contribution in [2.75, 3.05) is 57.8 Å². The van der Waals surface area contributed by atoms with Crippen LogP contribution < -0.4 is 10.2 Å². The predicted octanol–water partition coefficient (Wildman–Crippen LogP) is 2.21. The summed E-state index contributed by atoms with van der Waals surface area (Å²) < 4.78 is 0. The first-order valence-corrected chi connectivity index (χ1v) is 13.0. The number of carbonyl (C=O) groups is 3. The summed E-state index contributed by atoms with van der Waals surface area (Å²) in [6.07, 6.45) is 2.39.